The van der Waals surface area contributed by atoms with E-state index in [-0.39, 0.29) is 63.3 Å². The van der Waals surface area contributed by atoms with Crippen LogP contribution in [-0.2, 0) is 83.1 Å². The minimum absolute atomic E-state index is 0.0148. The Morgan fingerprint density at radius 2 is 0.890 bits per heavy atom. The first-order valence-electron chi connectivity index (χ1n) is 36.9. The van der Waals surface area contributed by atoms with Gasteiger partial charge >= 0.3 is 0 Å². The molecule has 1 aromatic rings. The molecule has 0 saturated carbocycles. The molecule has 0 aromatic heterocycles. The van der Waals surface area contributed by atoms with Crippen LogP contribution in [0.3, 0.4) is 0 Å². The van der Waals surface area contributed by atoms with Gasteiger partial charge in [0.25, 0.3) is 0 Å². The molecule has 612 valence electrons. The van der Waals surface area contributed by atoms with E-state index in [0.717, 1.165) is 15.4 Å². The number of primary amides is 1. The smallest absolute Gasteiger partial charge is 0.248 e. The Bertz CT molecular complexity index is 3520. The van der Waals surface area contributed by atoms with Gasteiger partial charge in [0.1, 0.15) is 74.5 Å². The van der Waals surface area contributed by atoms with Crippen molar-refractivity contribution in [3.05, 3.63) is 35.9 Å². The van der Waals surface area contributed by atoms with E-state index >= 15 is 0 Å². The molecule has 1 aromatic carbocycles. The van der Waals surface area contributed by atoms with E-state index < -0.39 is 220 Å². The van der Waals surface area contributed by atoms with Gasteiger partial charge in [0.05, 0.1) is 31.4 Å². The lowest BCUT2D eigenvalue weighted by Crippen LogP contribution is -2.68. The first kappa shape index (κ1) is 93.8. The molecule has 35 heteroatoms. The zero-order chi connectivity index (χ0) is 83.7. The van der Waals surface area contributed by atoms with Crippen LogP contribution < -0.4 is 74.9 Å². The van der Waals surface area contributed by atoms with Gasteiger partial charge in [0, 0.05) is 39.3 Å². The number of aliphatic hydroxyl groups is 3. The Kier molecular flexibility index (Phi) is 33.0. The van der Waals surface area contributed by atoms with Crippen molar-refractivity contribution in [1.82, 2.24) is 78.9 Å². The molecule has 2 aliphatic heterocycles. The highest BCUT2D eigenvalue weighted by Crippen LogP contribution is 2.28. The number of hydrogen-bond acceptors (Lipinski definition) is 19. The Morgan fingerprint density at radius 3 is 1.35 bits per heavy atom. The third-order valence-corrected chi connectivity index (χ3v) is 19.2. The van der Waals surface area contributed by atoms with Crippen molar-refractivity contribution in [3.63, 3.8) is 0 Å². The Labute approximate surface area is 638 Å². The highest BCUT2D eigenvalue weighted by atomic mass is 16.3. The van der Waals surface area contributed by atoms with Gasteiger partial charge in [0.15, 0.2) is 0 Å². The lowest BCUT2D eigenvalue weighted by Gasteiger charge is -2.38. The number of nitrogens with one attached hydrogen (secondary N) is 13. The van der Waals surface area contributed by atoms with E-state index in [1.54, 1.807) is 39.8 Å². The number of β-amino-alcohol motifs (C(OH)–C–C–N with tert-alkyl or cyclic N) is 2. The molecule has 2 aliphatic rings. The first-order valence-corrected chi connectivity index (χ1v) is 36.9. The zero-order valence-corrected chi connectivity index (χ0v) is 67.2. The minimum Gasteiger partial charge on any atom is -0.394 e. The Hall–Kier alpha value is -9.38. The van der Waals surface area contributed by atoms with E-state index in [1.165, 1.54) is 104 Å². The van der Waals surface area contributed by atoms with E-state index in [9.17, 15) is 92.0 Å². The molecule has 2 fully saturated rings. The average Bonchev–Trinajstić information content (AvgIpc) is 1.72. The summed E-state index contributed by atoms with van der Waals surface area (Å²) in [5.74, 6) is -13.2. The van der Waals surface area contributed by atoms with Crippen LogP contribution in [0.25, 0.3) is 0 Å². The fraction of sp³-hybridized carbons (Fsp3) is 0.703. The van der Waals surface area contributed by atoms with Crippen molar-refractivity contribution < 1.29 is 92.0 Å². The number of carbonyl (C=O) groups is 16. The maximum absolute atomic E-state index is 14.6. The van der Waals surface area contributed by atoms with E-state index in [2.05, 4.69) is 69.1 Å². The molecule has 0 radical (unpaired) electrons. The molecule has 2 saturated heterocycles. The number of carbonyl (C=O) groups excluding carboxylic acids is 16. The second-order valence-corrected chi connectivity index (χ2v) is 33.0. The monoisotopic (exact) mass is 1540 g/mol. The number of amides is 16. The molecule has 2 heterocycles. The van der Waals surface area contributed by atoms with Crippen LogP contribution in [0.1, 0.15) is 202 Å². The predicted octanol–water partition coefficient (Wildman–Crippen LogP) is -2.48. The van der Waals surface area contributed by atoms with Crippen LogP contribution in [0.4, 0.5) is 0 Å². The number of benzene rings is 1. The van der Waals surface area contributed by atoms with Crippen molar-refractivity contribution in [1.29, 1.82) is 0 Å². The molecular weight excluding hydrogens is 1420 g/mol. The van der Waals surface area contributed by atoms with Crippen molar-refractivity contribution in [3.8, 4) is 0 Å². The third-order valence-electron chi connectivity index (χ3n) is 19.2. The van der Waals surface area contributed by atoms with Crippen LogP contribution >= 0.6 is 0 Å². The largest absolute Gasteiger partial charge is 0.394 e. The fourth-order valence-corrected chi connectivity index (χ4v) is 12.0. The molecule has 35 nitrogen and oxygen atoms in total. The molecule has 18 N–H and O–H groups in total. The zero-order valence-electron chi connectivity index (χ0n) is 67.2. The lowest BCUT2D eigenvalue weighted by molar-refractivity contribution is -0.147. The summed E-state index contributed by atoms with van der Waals surface area (Å²) in [6.07, 6.45) is -3.65. The molecule has 10 atom stereocenters. The van der Waals surface area contributed by atoms with Gasteiger partial charge in [0.2, 0.25) is 94.5 Å². The summed E-state index contributed by atoms with van der Waals surface area (Å²) < 4.78 is 0. The second-order valence-electron chi connectivity index (χ2n) is 33.0. The van der Waals surface area contributed by atoms with Gasteiger partial charge in [-0.3, -0.25) is 76.7 Å². The van der Waals surface area contributed by atoms with Crippen LogP contribution in [0, 0.1) is 11.8 Å². The van der Waals surface area contributed by atoms with Crippen LogP contribution in [-0.4, -0.2) is 239 Å². The fourth-order valence-electron chi connectivity index (χ4n) is 12.0. The number of nitrogens with zero attached hydrogens (tertiary/aromatic N) is 2. The predicted molar refractivity (Wildman–Crippen MR) is 400 cm³/mol. The lowest BCUT2D eigenvalue weighted by atomic mass is 9.93. The molecule has 16 amide bonds. The van der Waals surface area contributed by atoms with E-state index in [1.807, 2.05) is 32.0 Å². The van der Waals surface area contributed by atoms with Gasteiger partial charge < -0.3 is 100.0 Å². The van der Waals surface area contributed by atoms with Crippen LogP contribution in [0.5, 0.6) is 0 Å². The Balaban J connectivity index is 1.72. The highest BCUT2D eigenvalue weighted by molar-refractivity contribution is 6.03. The molecule has 0 aliphatic carbocycles. The van der Waals surface area contributed by atoms with Crippen LogP contribution in [0.2, 0.25) is 0 Å². The number of rotatable bonds is 39. The topological polar surface area (TPSA) is 523 Å². The summed E-state index contributed by atoms with van der Waals surface area (Å²) in [5.41, 5.74) is -7.56. The van der Waals surface area contributed by atoms with Gasteiger partial charge in [-0.05, 0) is 153 Å². The summed E-state index contributed by atoms with van der Waals surface area (Å²) >= 11 is 0. The van der Waals surface area contributed by atoms with E-state index in [0.29, 0.717) is 0 Å². The summed E-state index contributed by atoms with van der Waals surface area (Å²) in [5, 5.41) is 65.8. The van der Waals surface area contributed by atoms with Gasteiger partial charge in [-0.15, -0.1) is 0 Å². The van der Waals surface area contributed by atoms with E-state index in [4.69, 9.17) is 5.73 Å². The number of hydrogen-bond donors (Lipinski definition) is 17. The maximum atomic E-state index is 14.6. The molecule has 0 spiro atoms. The average molecular weight is 1540 g/mol. The quantitative estimate of drug-likeness (QED) is 0.0324. The van der Waals surface area contributed by atoms with Crippen molar-refractivity contribution in [2.45, 2.75) is 296 Å². The maximum Gasteiger partial charge on any atom is 0.248 e. The highest BCUT2D eigenvalue weighted by Gasteiger charge is 2.51. The van der Waals surface area contributed by atoms with Gasteiger partial charge in [-0.2, -0.15) is 0 Å². The number of aliphatic hydroxyl groups excluding tert-OH is 3. The standard InChI is InChI=1S/C74H122N16O19/c1-22-73(20,83-56(99)49(32-41(5)6)79-53(96)36-76-59(102)67(8,9)85-62(105)70(14,15)87-63(106)71(16,17)86-61(104)69(12,13)81-55(98)48(31-40(3)4)77-42(7)92)64(107)88-72(18,19)65(108)89-37-45(93)34-50(89)57(100)80-47(29-30-52(75)95)54(97)84-74(21,23-2)66(109)90-38-46(94)35-51(90)58(101)82-68(10,11)60(103)78-44(39-91)33-43-27-25-24-26-28-43/h24-28,40-41,44-51,91,93-94H,22-23,29-39H2,1-21H3,(H2,75,95)(H,76,102)(H,77,92)(H,78,103)(H,79,96)(H,80,100)(H,81,98)(H,82,101)(H,83,99)(H,84,97)(H,85,105)(H,86,104)(H,87,106)(H,88,107)/t44-,45+,46+,47?,48-,49-,50-,51-,73+,74+/m0/s1. The minimum atomic E-state index is -1.90. The second kappa shape index (κ2) is 38.3. The van der Waals surface area contributed by atoms with Crippen molar-refractivity contribution >= 4 is 94.5 Å². The molecule has 1 unspecified atom stereocenters. The molecule has 0 bridgehead atoms. The summed E-state index contributed by atoms with van der Waals surface area (Å²) in [6.45, 7) is 28.8. The first-order chi connectivity index (χ1) is 49.9. The van der Waals surface area contributed by atoms with Gasteiger partial charge in [-0.25, -0.2) is 0 Å². The van der Waals surface area contributed by atoms with Crippen LogP contribution in [0.15, 0.2) is 30.3 Å². The number of nitrogens with two attached hydrogens (primary N) is 1. The van der Waals surface area contributed by atoms with Crippen molar-refractivity contribution in [2.24, 2.45) is 17.6 Å². The molecule has 3 rings (SSSR count). The SMILES string of the molecule is CC[C@@](C)(NC(=O)[C@H](CC(C)C)NC(=O)CNC(=O)C(C)(C)NC(=O)C(C)(C)NC(=O)C(C)(C)NC(=O)C(C)(C)NC(=O)[C@H](CC(C)C)NC(C)=O)C(=O)NC(C)(C)C(=O)N1C[C@H](O)C[C@H]1C(=O)NC(CCC(N)=O)C(=O)N[C@](C)(CC)C(=O)N1C[C@H](O)C[C@H]1C(=O)NC(C)(C)C(=O)N[C@H](CO)Cc1ccccc1. The molecular formula is C74H122N16O19. The summed E-state index contributed by atoms with van der Waals surface area (Å²) in [7, 11) is 0. The third kappa shape index (κ3) is 27.0. The summed E-state index contributed by atoms with van der Waals surface area (Å²) in [4.78, 5) is 222. The van der Waals surface area contributed by atoms with Gasteiger partial charge in [-0.1, -0.05) is 71.9 Å². The molecule has 109 heavy (non-hydrogen) atoms. The summed E-state index contributed by atoms with van der Waals surface area (Å²) in [6, 6.07) is 1.64. The Morgan fingerprint density at radius 1 is 0.477 bits per heavy atom. The number of likely N-dealkylation sites (tertiary alicyclic amines) is 2. The normalized spacial score (nSPS) is 18.5. The van der Waals surface area contributed by atoms with Crippen molar-refractivity contribution in [2.75, 3.05) is 26.2 Å².